The molecular formula is C16H16F3N3. The first kappa shape index (κ1) is 15.9. The van der Waals surface area contributed by atoms with Crippen molar-refractivity contribution in [3.63, 3.8) is 0 Å². The van der Waals surface area contributed by atoms with Gasteiger partial charge in [0.2, 0.25) is 0 Å². The van der Waals surface area contributed by atoms with E-state index in [1.165, 1.54) is 18.2 Å². The van der Waals surface area contributed by atoms with Gasteiger partial charge in [0, 0.05) is 5.69 Å². The molecule has 3 nitrogen and oxygen atoms in total. The summed E-state index contributed by atoms with van der Waals surface area (Å²) in [6.07, 6.45) is -4.47. The maximum absolute atomic E-state index is 12.9. The second-order valence-corrected chi connectivity index (χ2v) is 5.04. The van der Waals surface area contributed by atoms with Crippen LogP contribution in [-0.2, 0) is 6.18 Å². The SMILES string of the molecule is Cc1cc(C)cc(NC(=N)Nc2ccccc2C(F)(F)F)c1. The van der Waals surface area contributed by atoms with Crippen LogP contribution in [0.25, 0.3) is 0 Å². The molecule has 0 fully saturated rings. The van der Waals surface area contributed by atoms with Crippen molar-refractivity contribution in [2.24, 2.45) is 0 Å². The van der Waals surface area contributed by atoms with Crippen molar-refractivity contribution in [2.75, 3.05) is 10.6 Å². The van der Waals surface area contributed by atoms with Gasteiger partial charge in [-0.2, -0.15) is 13.2 Å². The minimum atomic E-state index is -4.47. The number of benzene rings is 2. The van der Waals surface area contributed by atoms with Gasteiger partial charge in [-0.25, -0.2) is 0 Å². The van der Waals surface area contributed by atoms with Gasteiger partial charge in [0.05, 0.1) is 11.3 Å². The molecule has 116 valence electrons. The number of guanidine groups is 1. The Hall–Kier alpha value is -2.50. The average molecular weight is 307 g/mol. The number of hydrogen-bond donors (Lipinski definition) is 3. The minimum absolute atomic E-state index is 0.156. The standard InChI is InChI=1S/C16H16F3N3/c1-10-7-11(2)9-12(8-10)21-15(20)22-14-6-4-3-5-13(14)16(17,18)19/h3-9H,1-2H3,(H3,20,21,22). The van der Waals surface area contributed by atoms with Crippen molar-refractivity contribution in [2.45, 2.75) is 20.0 Å². The minimum Gasteiger partial charge on any atom is -0.326 e. The summed E-state index contributed by atoms with van der Waals surface area (Å²) < 4.78 is 38.7. The van der Waals surface area contributed by atoms with E-state index in [0.29, 0.717) is 5.69 Å². The third kappa shape index (κ3) is 4.00. The van der Waals surface area contributed by atoms with Gasteiger partial charge in [0.25, 0.3) is 0 Å². The van der Waals surface area contributed by atoms with Gasteiger partial charge in [-0.05, 0) is 49.2 Å². The summed E-state index contributed by atoms with van der Waals surface area (Å²) in [7, 11) is 0. The van der Waals surface area contributed by atoms with E-state index in [4.69, 9.17) is 5.41 Å². The first-order valence-corrected chi connectivity index (χ1v) is 6.63. The van der Waals surface area contributed by atoms with E-state index in [-0.39, 0.29) is 11.6 Å². The Kier molecular flexibility index (Phi) is 4.40. The number of aryl methyl sites for hydroxylation is 2. The zero-order chi connectivity index (χ0) is 16.3. The van der Waals surface area contributed by atoms with Crippen molar-refractivity contribution >= 4 is 17.3 Å². The second-order valence-electron chi connectivity index (χ2n) is 5.04. The Balaban J connectivity index is 2.16. The van der Waals surface area contributed by atoms with E-state index in [1.54, 1.807) is 0 Å². The highest BCUT2D eigenvalue weighted by Crippen LogP contribution is 2.34. The number of para-hydroxylation sites is 1. The molecule has 0 atom stereocenters. The fourth-order valence-electron chi connectivity index (χ4n) is 2.20. The molecule has 0 saturated carbocycles. The van der Waals surface area contributed by atoms with Gasteiger partial charge < -0.3 is 10.6 Å². The first-order valence-electron chi connectivity index (χ1n) is 6.63. The monoisotopic (exact) mass is 307 g/mol. The molecule has 2 aromatic rings. The van der Waals surface area contributed by atoms with Gasteiger partial charge in [0.1, 0.15) is 0 Å². The molecule has 2 rings (SSSR count). The van der Waals surface area contributed by atoms with Crippen LogP contribution in [0.3, 0.4) is 0 Å². The van der Waals surface area contributed by atoms with Crippen LogP contribution in [0, 0.1) is 19.3 Å². The lowest BCUT2D eigenvalue weighted by Crippen LogP contribution is -2.22. The van der Waals surface area contributed by atoms with Crippen LogP contribution in [0.5, 0.6) is 0 Å². The highest BCUT2D eigenvalue weighted by molar-refractivity contribution is 6.02. The van der Waals surface area contributed by atoms with Crippen LogP contribution < -0.4 is 10.6 Å². The quantitative estimate of drug-likeness (QED) is 0.552. The molecule has 0 radical (unpaired) electrons. The Morgan fingerprint density at radius 2 is 1.55 bits per heavy atom. The molecule has 0 aliphatic carbocycles. The lowest BCUT2D eigenvalue weighted by molar-refractivity contribution is -0.136. The molecule has 0 heterocycles. The zero-order valence-electron chi connectivity index (χ0n) is 12.2. The smallest absolute Gasteiger partial charge is 0.326 e. The molecule has 0 aromatic heterocycles. The molecule has 0 amide bonds. The fourth-order valence-corrected chi connectivity index (χ4v) is 2.20. The number of anilines is 2. The number of rotatable bonds is 2. The maximum atomic E-state index is 12.9. The van der Waals surface area contributed by atoms with E-state index in [1.807, 2.05) is 32.0 Å². The molecule has 0 saturated heterocycles. The summed E-state index contributed by atoms with van der Waals surface area (Å²) in [6.45, 7) is 3.82. The Morgan fingerprint density at radius 3 is 2.14 bits per heavy atom. The van der Waals surface area contributed by atoms with Crippen LogP contribution in [0.2, 0.25) is 0 Å². The Labute approximate surface area is 126 Å². The largest absolute Gasteiger partial charge is 0.418 e. The molecule has 0 aliphatic heterocycles. The highest BCUT2D eigenvalue weighted by atomic mass is 19.4. The van der Waals surface area contributed by atoms with Crippen LogP contribution in [0.4, 0.5) is 24.5 Å². The molecular weight excluding hydrogens is 291 g/mol. The summed E-state index contributed by atoms with van der Waals surface area (Å²) in [5.41, 5.74) is 1.70. The summed E-state index contributed by atoms with van der Waals surface area (Å²) in [6, 6.07) is 10.7. The predicted octanol–water partition coefficient (Wildman–Crippen LogP) is 4.78. The Bertz CT molecular complexity index is 673. The number of nitrogens with one attached hydrogen (secondary N) is 3. The normalized spacial score (nSPS) is 11.1. The van der Waals surface area contributed by atoms with Gasteiger partial charge in [-0.15, -0.1) is 0 Å². The van der Waals surface area contributed by atoms with Crippen LogP contribution >= 0.6 is 0 Å². The van der Waals surface area contributed by atoms with E-state index in [2.05, 4.69) is 10.6 Å². The lowest BCUT2D eigenvalue weighted by atomic mass is 10.1. The lowest BCUT2D eigenvalue weighted by Gasteiger charge is -2.16. The third-order valence-corrected chi connectivity index (χ3v) is 2.98. The summed E-state index contributed by atoms with van der Waals surface area (Å²) in [5.74, 6) is -0.221. The molecule has 22 heavy (non-hydrogen) atoms. The first-order chi connectivity index (χ1) is 10.3. The van der Waals surface area contributed by atoms with Crippen LogP contribution in [0.1, 0.15) is 16.7 Å². The van der Waals surface area contributed by atoms with Crippen molar-refractivity contribution in [1.29, 1.82) is 5.41 Å². The zero-order valence-corrected chi connectivity index (χ0v) is 12.2. The van der Waals surface area contributed by atoms with E-state index < -0.39 is 11.7 Å². The van der Waals surface area contributed by atoms with Crippen molar-refractivity contribution in [3.8, 4) is 0 Å². The molecule has 6 heteroatoms. The maximum Gasteiger partial charge on any atom is 0.418 e. The van der Waals surface area contributed by atoms with Crippen molar-refractivity contribution in [1.82, 2.24) is 0 Å². The number of hydrogen-bond acceptors (Lipinski definition) is 1. The number of halogens is 3. The topological polar surface area (TPSA) is 47.9 Å². The molecule has 0 bridgehead atoms. The van der Waals surface area contributed by atoms with Gasteiger partial charge in [-0.1, -0.05) is 18.2 Å². The molecule has 0 spiro atoms. The van der Waals surface area contributed by atoms with Crippen LogP contribution in [0.15, 0.2) is 42.5 Å². The molecule has 3 N–H and O–H groups in total. The van der Waals surface area contributed by atoms with E-state index in [9.17, 15) is 13.2 Å². The van der Waals surface area contributed by atoms with Gasteiger partial charge >= 0.3 is 6.18 Å². The van der Waals surface area contributed by atoms with Gasteiger partial charge in [0.15, 0.2) is 5.96 Å². The van der Waals surface area contributed by atoms with Gasteiger partial charge in [-0.3, -0.25) is 5.41 Å². The highest BCUT2D eigenvalue weighted by Gasteiger charge is 2.33. The average Bonchev–Trinajstić information content (AvgIpc) is 2.36. The molecule has 2 aromatic carbocycles. The van der Waals surface area contributed by atoms with E-state index in [0.717, 1.165) is 17.2 Å². The predicted molar refractivity (Wildman–Crippen MR) is 82.3 cm³/mol. The third-order valence-electron chi connectivity index (χ3n) is 2.98. The Morgan fingerprint density at radius 1 is 0.955 bits per heavy atom. The van der Waals surface area contributed by atoms with Crippen molar-refractivity contribution < 1.29 is 13.2 Å². The number of alkyl halides is 3. The van der Waals surface area contributed by atoms with E-state index >= 15 is 0 Å². The summed E-state index contributed by atoms with van der Waals surface area (Å²) in [5, 5.41) is 13.0. The molecule has 0 unspecified atom stereocenters. The van der Waals surface area contributed by atoms with Crippen LogP contribution in [-0.4, -0.2) is 5.96 Å². The second kappa shape index (κ2) is 6.09. The molecule has 0 aliphatic rings. The summed E-state index contributed by atoms with van der Waals surface area (Å²) >= 11 is 0. The fraction of sp³-hybridized carbons (Fsp3) is 0.188. The van der Waals surface area contributed by atoms with Crippen molar-refractivity contribution in [3.05, 3.63) is 59.2 Å². The summed E-state index contributed by atoms with van der Waals surface area (Å²) in [4.78, 5) is 0.